The van der Waals surface area contributed by atoms with Crippen LogP contribution in [0.5, 0.6) is 0 Å². The number of carbonyl (C=O) groups is 2. The largest absolute Gasteiger partial charge is 0.353 e. The molecule has 0 spiro atoms. The lowest BCUT2D eigenvalue weighted by molar-refractivity contribution is -0.122. The average Bonchev–Trinajstić information content (AvgIpc) is 2.47. The third-order valence-electron chi connectivity index (χ3n) is 3.68. The van der Waals surface area contributed by atoms with Crippen molar-refractivity contribution in [1.82, 2.24) is 10.2 Å². The fraction of sp³-hybridized carbons (Fsp3) is 0.500. The van der Waals surface area contributed by atoms with E-state index in [9.17, 15) is 9.59 Å². The first kappa shape index (κ1) is 18.5. The van der Waals surface area contributed by atoms with Crippen LogP contribution in [0.4, 0.5) is 0 Å². The van der Waals surface area contributed by atoms with Gasteiger partial charge in [-0.2, -0.15) is 0 Å². The van der Waals surface area contributed by atoms with Crippen molar-refractivity contribution in [2.45, 2.75) is 38.3 Å². The Morgan fingerprint density at radius 1 is 1.27 bits per heavy atom. The first-order valence-electron chi connectivity index (χ1n) is 7.45. The van der Waals surface area contributed by atoms with Gasteiger partial charge >= 0.3 is 0 Å². The highest BCUT2D eigenvalue weighted by molar-refractivity contribution is 5.94. The van der Waals surface area contributed by atoms with Gasteiger partial charge in [-0.15, -0.1) is 12.4 Å². The molecule has 1 saturated heterocycles. The molecule has 3 N–H and O–H groups in total. The molecule has 0 aromatic heterocycles. The molecule has 0 saturated carbocycles. The zero-order chi connectivity index (χ0) is 15.2. The van der Waals surface area contributed by atoms with Gasteiger partial charge in [0.15, 0.2) is 0 Å². The number of hydrogen-bond donors (Lipinski definition) is 2. The van der Waals surface area contributed by atoms with Crippen molar-refractivity contribution in [3.8, 4) is 0 Å². The van der Waals surface area contributed by atoms with Crippen molar-refractivity contribution >= 4 is 24.2 Å². The van der Waals surface area contributed by atoms with Gasteiger partial charge in [0.1, 0.15) is 0 Å². The third-order valence-corrected chi connectivity index (χ3v) is 3.68. The molecule has 22 heavy (non-hydrogen) atoms. The number of hydrogen-bond acceptors (Lipinski definition) is 3. The van der Waals surface area contributed by atoms with Crippen molar-refractivity contribution in [3.63, 3.8) is 0 Å². The lowest BCUT2D eigenvalue weighted by Gasteiger charge is -2.32. The van der Waals surface area contributed by atoms with Crippen LogP contribution in [0.2, 0.25) is 0 Å². The summed E-state index contributed by atoms with van der Waals surface area (Å²) in [5.41, 5.74) is 6.33. The maximum absolute atomic E-state index is 12.3. The number of piperidine rings is 1. The average molecular weight is 326 g/mol. The topological polar surface area (TPSA) is 75.4 Å². The molecule has 1 unspecified atom stereocenters. The van der Waals surface area contributed by atoms with E-state index in [2.05, 4.69) is 5.32 Å². The van der Waals surface area contributed by atoms with Crippen molar-refractivity contribution < 1.29 is 9.59 Å². The Morgan fingerprint density at radius 3 is 2.41 bits per heavy atom. The van der Waals surface area contributed by atoms with Gasteiger partial charge < -0.3 is 16.0 Å². The second-order valence-corrected chi connectivity index (χ2v) is 5.68. The Morgan fingerprint density at radius 2 is 1.86 bits per heavy atom. The highest BCUT2D eigenvalue weighted by atomic mass is 35.5. The highest BCUT2D eigenvalue weighted by Gasteiger charge is 2.24. The fourth-order valence-electron chi connectivity index (χ4n) is 2.57. The first-order chi connectivity index (χ1) is 10.1. The Bertz CT molecular complexity index is 485. The summed E-state index contributed by atoms with van der Waals surface area (Å²) in [7, 11) is 0. The van der Waals surface area contributed by atoms with Gasteiger partial charge in [0.05, 0.1) is 0 Å². The van der Waals surface area contributed by atoms with Crippen molar-refractivity contribution in [2.75, 3.05) is 13.1 Å². The van der Waals surface area contributed by atoms with Gasteiger partial charge in [-0.3, -0.25) is 9.59 Å². The SMILES string of the molecule is CC(N)CC(=O)NC1CCN(C(=O)c2ccccc2)CC1.Cl. The normalized spacial score (nSPS) is 16.5. The standard InChI is InChI=1S/C16H23N3O2.ClH/c1-12(17)11-15(20)18-14-7-9-19(10-8-14)16(21)13-5-3-2-4-6-13;/h2-6,12,14H,7-11,17H2,1H3,(H,18,20);1H. The molecule has 5 nitrogen and oxygen atoms in total. The number of likely N-dealkylation sites (tertiary alicyclic amines) is 1. The summed E-state index contributed by atoms with van der Waals surface area (Å²) in [6.07, 6.45) is 1.94. The molecule has 0 bridgehead atoms. The fourth-order valence-corrected chi connectivity index (χ4v) is 2.57. The molecule has 1 heterocycles. The molecule has 1 aromatic carbocycles. The molecule has 1 aliphatic rings. The van der Waals surface area contributed by atoms with Crippen LogP contribution in [0.3, 0.4) is 0 Å². The summed E-state index contributed by atoms with van der Waals surface area (Å²) in [6.45, 7) is 3.18. The van der Waals surface area contributed by atoms with Gasteiger partial charge in [-0.1, -0.05) is 18.2 Å². The lowest BCUT2D eigenvalue weighted by atomic mass is 10.0. The van der Waals surface area contributed by atoms with E-state index in [0.717, 1.165) is 18.4 Å². The van der Waals surface area contributed by atoms with Gasteiger partial charge in [-0.25, -0.2) is 0 Å². The number of nitrogens with one attached hydrogen (secondary N) is 1. The van der Waals surface area contributed by atoms with Crippen molar-refractivity contribution in [3.05, 3.63) is 35.9 Å². The first-order valence-corrected chi connectivity index (χ1v) is 7.45. The lowest BCUT2D eigenvalue weighted by Crippen LogP contribution is -2.47. The third kappa shape index (κ3) is 5.31. The molecule has 1 aliphatic heterocycles. The summed E-state index contributed by atoms with van der Waals surface area (Å²) < 4.78 is 0. The van der Waals surface area contributed by atoms with Gasteiger partial charge in [-0.05, 0) is 31.9 Å². The van der Waals surface area contributed by atoms with Crippen LogP contribution in [-0.2, 0) is 4.79 Å². The van der Waals surface area contributed by atoms with Gasteiger partial charge in [0, 0.05) is 37.2 Å². The van der Waals surface area contributed by atoms with E-state index in [1.54, 1.807) is 0 Å². The van der Waals surface area contributed by atoms with Crippen LogP contribution >= 0.6 is 12.4 Å². The number of rotatable bonds is 4. The van der Waals surface area contributed by atoms with Crippen LogP contribution in [0.15, 0.2) is 30.3 Å². The van der Waals surface area contributed by atoms with Crippen LogP contribution in [-0.4, -0.2) is 41.9 Å². The highest BCUT2D eigenvalue weighted by Crippen LogP contribution is 2.14. The summed E-state index contributed by atoms with van der Waals surface area (Å²) in [4.78, 5) is 25.8. The van der Waals surface area contributed by atoms with Crippen LogP contribution in [0, 0.1) is 0 Å². The maximum atomic E-state index is 12.3. The van der Waals surface area contributed by atoms with Crippen LogP contribution in [0.1, 0.15) is 36.5 Å². The predicted octanol–water partition coefficient (Wildman–Crippen LogP) is 1.57. The Balaban J connectivity index is 0.00000242. The number of halogens is 1. The maximum Gasteiger partial charge on any atom is 0.253 e. The molecular weight excluding hydrogens is 302 g/mol. The predicted molar refractivity (Wildman–Crippen MR) is 89.0 cm³/mol. The van der Waals surface area contributed by atoms with Crippen molar-refractivity contribution in [1.29, 1.82) is 0 Å². The quantitative estimate of drug-likeness (QED) is 0.882. The van der Waals surface area contributed by atoms with E-state index in [4.69, 9.17) is 5.73 Å². The van der Waals surface area contributed by atoms with E-state index in [1.165, 1.54) is 0 Å². The number of benzene rings is 1. The Hall–Kier alpha value is -1.59. The Kier molecular flexibility index (Phi) is 7.35. The van der Waals surface area contributed by atoms with Gasteiger partial charge in [0.25, 0.3) is 5.91 Å². The minimum atomic E-state index is -0.121. The van der Waals surface area contributed by atoms with E-state index in [-0.39, 0.29) is 36.3 Å². The number of nitrogens with two attached hydrogens (primary N) is 1. The molecule has 122 valence electrons. The summed E-state index contributed by atoms with van der Waals surface area (Å²) >= 11 is 0. The van der Waals surface area contributed by atoms with Crippen LogP contribution < -0.4 is 11.1 Å². The molecule has 6 heteroatoms. The molecule has 0 radical (unpaired) electrons. The molecule has 1 atom stereocenters. The minimum absolute atomic E-state index is 0. The molecule has 1 fully saturated rings. The second kappa shape index (κ2) is 8.76. The summed E-state index contributed by atoms with van der Waals surface area (Å²) in [6, 6.07) is 9.33. The molecule has 1 aromatic rings. The minimum Gasteiger partial charge on any atom is -0.353 e. The molecular formula is C16H24ClN3O2. The molecule has 2 rings (SSSR count). The van der Waals surface area contributed by atoms with E-state index in [0.29, 0.717) is 19.5 Å². The van der Waals surface area contributed by atoms with Crippen molar-refractivity contribution in [2.24, 2.45) is 5.73 Å². The molecule has 0 aliphatic carbocycles. The monoisotopic (exact) mass is 325 g/mol. The second-order valence-electron chi connectivity index (χ2n) is 5.68. The number of nitrogens with zero attached hydrogens (tertiary/aromatic N) is 1. The zero-order valence-corrected chi connectivity index (χ0v) is 13.6. The van der Waals surface area contributed by atoms with Crippen LogP contribution in [0.25, 0.3) is 0 Å². The summed E-state index contributed by atoms with van der Waals surface area (Å²) in [5.74, 6) is 0.0637. The van der Waals surface area contributed by atoms with Gasteiger partial charge in [0.2, 0.25) is 5.91 Å². The summed E-state index contributed by atoms with van der Waals surface area (Å²) in [5, 5.41) is 2.99. The number of carbonyl (C=O) groups excluding carboxylic acids is 2. The van der Waals surface area contributed by atoms with E-state index < -0.39 is 0 Å². The van der Waals surface area contributed by atoms with E-state index >= 15 is 0 Å². The number of amides is 2. The zero-order valence-electron chi connectivity index (χ0n) is 12.8. The smallest absolute Gasteiger partial charge is 0.253 e. The van der Waals surface area contributed by atoms with E-state index in [1.807, 2.05) is 42.2 Å². The Labute approximate surface area is 137 Å². The molecule has 2 amide bonds.